The molecular weight excluding hydrogens is 330 g/mol. The fourth-order valence-electron chi connectivity index (χ4n) is 3.49. The van der Waals surface area contributed by atoms with Crippen LogP contribution in [0.4, 0.5) is 0 Å². The average Bonchev–Trinajstić information content (AvgIpc) is 2.72. The fraction of sp³-hybridized carbons (Fsp3) is 0.550. The molecule has 0 spiro atoms. The topological polar surface area (TPSA) is 62.7 Å². The van der Waals surface area contributed by atoms with Crippen LogP contribution in [0.2, 0.25) is 0 Å². The van der Waals surface area contributed by atoms with Gasteiger partial charge in [-0.15, -0.1) is 0 Å². The van der Waals surface area contributed by atoms with E-state index < -0.39 is 0 Å². The van der Waals surface area contributed by atoms with E-state index in [2.05, 4.69) is 4.98 Å². The van der Waals surface area contributed by atoms with Crippen LogP contribution in [0.1, 0.15) is 31.2 Å². The molecule has 0 aromatic carbocycles. The maximum Gasteiger partial charge on any atom is 0.246 e. The summed E-state index contributed by atoms with van der Waals surface area (Å²) in [7, 11) is 0. The summed E-state index contributed by atoms with van der Waals surface area (Å²) in [5.41, 5.74) is 0.977. The van der Waals surface area contributed by atoms with Crippen molar-refractivity contribution in [1.82, 2.24) is 14.8 Å². The molecule has 2 aliphatic rings. The molecule has 26 heavy (non-hydrogen) atoms. The van der Waals surface area contributed by atoms with Gasteiger partial charge in [-0.2, -0.15) is 0 Å². The molecule has 0 saturated carbocycles. The quantitative estimate of drug-likeness (QED) is 0.756. The third-order valence-corrected chi connectivity index (χ3v) is 5.18. The maximum atomic E-state index is 12.3. The van der Waals surface area contributed by atoms with Gasteiger partial charge in [0.25, 0.3) is 0 Å². The van der Waals surface area contributed by atoms with Crippen LogP contribution in [0.15, 0.2) is 30.6 Å². The van der Waals surface area contributed by atoms with Gasteiger partial charge in [0, 0.05) is 51.1 Å². The van der Waals surface area contributed by atoms with E-state index >= 15 is 0 Å². The van der Waals surface area contributed by atoms with Crippen molar-refractivity contribution in [2.45, 2.75) is 25.7 Å². The van der Waals surface area contributed by atoms with Crippen LogP contribution in [-0.4, -0.2) is 66.0 Å². The number of hydrogen-bond acceptors (Lipinski definition) is 4. The zero-order chi connectivity index (χ0) is 18.2. The zero-order valence-electron chi connectivity index (χ0n) is 15.2. The van der Waals surface area contributed by atoms with E-state index in [1.807, 2.05) is 28.0 Å². The molecule has 0 atom stereocenters. The lowest BCUT2D eigenvalue weighted by molar-refractivity contribution is -0.136. The molecule has 6 nitrogen and oxygen atoms in total. The summed E-state index contributed by atoms with van der Waals surface area (Å²) < 4.78 is 5.29. The molecule has 1 aromatic heterocycles. The second kappa shape index (κ2) is 9.48. The first-order valence-corrected chi connectivity index (χ1v) is 9.45. The van der Waals surface area contributed by atoms with Crippen molar-refractivity contribution in [3.05, 3.63) is 36.2 Å². The lowest BCUT2D eigenvalue weighted by Gasteiger charge is -2.32. The molecule has 3 rings (SSSR count). The molecule has 2 aliphatic heterocycles. The zero-order valence-corrected chi connectivity index (χ0v) is 15.2. The van der Waals surface area contributed by atoms with E-state index in [4.69, 9.17) is 4.74 Å². The first-order chi connectivity index (χ1) is 12.7. The van der Waals surface area contributed by atoms with Gasteiger partial charge in [0.05, 0.1) is 13.2 Å². The molecule has 3 heterocycles. The Labute approximate surface area is 154 Å². The number of rotatable bonds is 5. The van der Waals surface area contributed by atoms with Crippen LogP contribution in [0.3, 0.4) is 0 Å². The number of nitrogens with zero attached hydrogens (tertiary/aromatic N) is 3. The molecule has 140 valence electrons. The highest BCUT2D eigenvalue weighted by molar-refractivity contribution is 5.91. The third-order valence-electron chi connectivity index (χ3n) is 5.18. The van der Waals surface area contributed by atoms with E-state index in [1.54, 1.807) is 18.5 Å². The third kappa shape index (κ3) is 5.39. The van der Waals surface area contributed by atoms with Crippen molar-refractivity contribution in [3.8, 4) is 0 Å². The number of amides is 2. The molecule has 2 fully saturated rings. The van der Waals surface area contributed by atoms with Crippen molar-refractivity contribution in [2.75, 3.05) is 39.4 Å². The first kappa shape index (κ1) is 18.6. The van der Waals surface area contributed by atoms with Gasteiger partial charge in [-0.1, -0.05) is 0 Å². The first-order valence-electron chi connectivity index (χ1n) is 9.45. The van der Waals surface area contributed by atoms with E-state index in [1.165, 1.54) is 0 Å². The number of carbonyl (C=O) groups is 2. The second-order valence-corrected chi connectivity index (χ2v) is 6.91. The highest BCUT2D eigenvalue weighted by Gasteiger charge is 2.23. The minimum absolute atomic E-state index is 0.0599. The number of piperidine rings is 1. The Balaban J connectivity index is 1.37. The number of hydrogen-bond donors (Lipinski definition) is 0. The van der Waals surface area contributed by atoms with Gasteiger partial charge < -0.3 is 14.5 Å². The molecule has 0 unspecified atom stereocenters. The molecule has 0 radical (unpaired) electrons. The summed E-state index contributed by atoms with van der Waals surface area (Å²) in [5.74, 6) is 0.838. The summed E-state index contributed by atoms with van der Waals surface area (Å²) in [6.45, 7) is 4.29. The standard InChI is InChI=1S/C20H27N3O3/c24-19(3-1-17-5-9-21-10-6-17)22-11-7-18(8-12-22)2-4-20(25)23-13-15-26-16-14-23/h1,3,5-6,9-10,18H,2,4,7-8,11-16H2/b3-1+. The fourth-order valence-corrected chi connectivity index (χ4v) is 3.49. The molecule has 1 aromatic rings. The average molecular weight is 357 g/mol. The van der Waals surface area contributed by atoms with Gasteiger partial charge >= 0.3 is 0 Å². The Kier molecular flexibility index (Phi) is 6.77. The van der Waals surface area contributed by atoms with Gasteiger partial charge in [-0.05, 0) is 49.0 Å². The minimum atomic E-state index is 0.0599. The minimum Gasteiger partial charge on any atom is -0.378 e. The number of morpholine rings is 1. The number of carbonyl (C=O) groups excluding carboxylic acids is 2. The van der Waals surface area contributed by atoms with Crippen LogP contribution < -0.4 is 0 Å². The Morgan fingerprint density at radius 1 is 1.08 bits per heavy atom. The van der Waals surface area contributed by atoms with Crippen molar-refractivity contribution in [3.63, 3.8) is 0 Å². The molecule has 0 bridgehead atoms. The molecule has 0 aliphatic carbocycles. The highest BCUT2D eigenvalue weighted by Crippen LogP contribution is 2.22. The van der Waals surface area contributed by atoms with Crippen LogP contribution in [-0.2, 0) is 14.3 Å². The Morgan fingerprint density at radius 2 is 1.77 bits per heavy atom. The predicted octanol–water partition coefficient (Wildman–Crippen LogP) is 1.97. The number of likely N-dealkylation sites (tertiary alicyclic amines) is 1. The van der Waals surface area contributed by atoms with E-state index in [0.717, 1.165) is 51.0 Å². The van der Waals surface area contributed by atoms with Gasteiger partial charge in [-0.3, -0.25) is 14.6 Å². The number of aromatic nitrogens is 1. The Bertz CT molecular complexity index is 618. The molecule has 6 heteroatoms. The van der Waals surface area contributed by atoms with Crippen LogP contribution in [0, 0.1) is 5.92 Å². The lowest BCUT2D eigenvalue weighted by Crippen LogP contribution is -2.41. The van der Waals surface area contributed by atoms with Crippen molar-refractivity contribution in [1.29, 1.82) is 0 Å². The molecule has 0 N–H and O–H groups in total. The SMILES string of the molecule is O=C(/C=C/c1ccncc1)N1CCC(CCC(=O)N2CCOCC2)CC1. The lowest BCUT2D eigenvalue weighted by atomic mass is 9.92. The normalized spacial score (nSPS) is 19.1. The number of ether oxygens (including phenoxy) is 1. The van der Waals surface area contributed by atoms with Crippen LogP contribution >= 0.6 is 0 Å². The Morgan fingerprint density at radius 3 is 2.46 bits per heavy atom. The molecule has 2 amide bonds. The van der Waals surface area contributed by atoms with Crippen LogP contribution in [0.25, 0.3) is 6.08 Å². The van der Waals surface area contributed by atoms with Crippen molar-refractivity contribution >= 4 is 17.9 Å². The Hall–Kier alpha value is -2.21. The predicted molar refractivity (Wildman–Crippen MR) is 99.2 cm³/mol. The largest absolute Gasteiger partial charge is 0.378 e. The van der Waals surface area contributed by atoms with Crippen LogP contribution in [0.5, 0.6) is 0 Å². The van der Waals surface area contributed by atoms with E-state index in [0.29, 0.717) is 25.6 Å². The number of pyridine rings is 1. The molecular formula is C20H27N3O3. The van der Waals surface area contributed by atoms with Gasteiger partial charge in [0.2, 0.25) is 11.8 Å². The summed E-state index contributed by atoms with van der Waals surface area (Å²) in [4.78, 5) is 32.3. The summed E-state index contributed by atoms with van der Waals surface area (Å²) in [6, 6.07) is 3.75. The van der Waals surface area contributed by atoms with E-state index in [9.17, 15) is 9.59 Å². The second-order valence-electron chi connectivity index (χ2n) is 6.91. The monoisotopic (exact) mass is 357 g/mol. The maximum absolute atomic E-state index is 12.3. The highest BCUT2D eigenvalue weighted by atomic mass is 16.5. The van der Waals surface area contributed by atoms with Crippen molar-refractivity contribution in [2.24, 2.45) is 5.92 Å². The van der Waals surface area contributed by atoms with Gasteiger partial charge in [0.1, 0.15) is 0 Å². The molecule has 2 saturated heterocycles. The smallest absolute Gasteiger partial charge is 0.246 e. The van der Waals surface area contributed by atoms with Gasteiger partial charge in [0.15, 0.2) is 0 Å². The van der Waals surface area contributed by atoms with Crippen molar-refractivity contribution < 1.29 is 14.3 Å². The van der Waals surface area contributed by atoms with E-state index in [-0.39, 0.29) is 11.8 Å². The summed E-state index contributed by atoms with van der Waals surface area (Å²) >= 11 is 0. The summed E-state index contributed by atoms with van der Waals surface area (Å²) in [5, 5.41) is 0. The van der Waals surface area contributed by atoms with Gasteiger partial charge in [-0.25, -0.2) is 0 Å². The summed E-state index contributed by atoms with van der Waals surface area (Å²) in [6.07, 6.45) is 10.4.